The number of aryl methyl sites for hydroxylation is 1. The number of fused-ring (bicyclic) bond motifs is 3. The lowest BCUT2D eigenvalue weighted by atomic mass is 9.52. The fourth-order valence-electron chi connectivity index (χ4n) is 5.01. The van der Waals surface area contributed by atoms with Gasteiger partial charge in [0, 0.05) is 29.9 Å². The van der Waals surface area contributed by atoms with Gasteiger partial charge in [-0.25, -0.2) is 0 Å². The molecule has 29 heavy (non-hydrogen) atoms. The molecule has 0 unspecified atom stereocenters. The number of benzene rings is 1. The number of carbonyl (C=O) groups excluding carboxylic acids is 2. The molecule has 0 bridgehead atoms. The van der Waals surface area contributed by atoms with Crippen molar-refractivity contribution in [1.82, 2.24) is 9.78 Å². The van der Waals surface area contributed by atoms with Crippen molar-refractivity contribution in [2.75, 3.05) is 0 Å². The van der Waals surface area contributed by atoms with Crippen LogP contribution in [0.3, 0.4) is 0 Å². The van der Waals surface area contributed by atoms with Crippen molar-refractivity contribution in [3.63, 3.8) is 0 Å². The van der Waals surface area contributed by atoms with Crippen LogP contribution in [0.4, 0.5) is 13.2 Å². The van der Waals surface area contributed by atoms with Crippen LogP contribution in [0.25, 0.3) is 11.3 Å². The van der Waals surface area contributed by atoms with Crippen LogP contribution in [0.5, 0.6) is 0 Å². The van der Waals surface area contributed by atoms with E-state index in [0.717, 1.165) is 11.6 Å². The first-order chi connectivity index (χ1) is 13.4. The molecule has 0 N–H and O–H groups in total. The smallest absolute Gasteiger partial charge is 0.294 e. The third-order valence-corrected chi connectivity index (χ3v) is 6.45. The largest absolute Gasteiger partial charge is 0.419 e. The average Bonchev–Trinajstić information content (AvgIpc) is 2.99. The van der Waals surface area contributed by atoms with Gasteiger partial charge in [-0.15, -0.1) is 0 Å². The van der Waals surface area contributed by atoms with E-state index in [1.807, 2.05) is 30.3 Å². The number of aromatic nitrogens is 2. The van der Waals surface area contributed by atoms with Gasteiger partial charge in [0.05, 0.1) is 22.5 Å². The highest BCUT2D eigenvalue weighted by Crippen LogP contribution is 2.57. The van der Waals surface area contributed by atoms with Crippen LogP contribution in [-0.2, 0) is 17.3 Å². The highest BCUT2D eigenvalue weighted by atomic mass is 19.4. The van der Waals surface area contributed by atoms with Crippen molar-refractivity contribution < 1.29 is 22.8 Å². The molecule has 1 heterocycles. The number of allylic oxidation sites excluding steroid dienone is 2. The topological polar surface area (TPSA) is 52.0 Å². The summed E-state index contributed by atoms with van der Waals surface area (Å²) in [6.45, 7) is 4.65. The summed E-state index contributed by atoms with van der Waals surface area (Å²) in [7, 11) is 1.68. The van der Waals surface area contributed by atoms with Crippen molar-refractivity contribution in [1.29, 1.82) is 0 Å². The maximum atomic E-state index is 13.7. The summed E-state index contributed by atoms with van der Waals surface area (Å²) in [6.07, 6.45) is -3.77. The van der Waals surface area contributed by atoms with E-state index in [-0.39, 0.29) is 12.2 Å². The van der Waals surface area contributed by atoms with Gasteiger partial charge in [-0.2, -0.15) is 18.3 Å². The summed E-state index contributed by atoms with van der Waals surface area (Å²) < 4.78 is 42.6. The van der Waals surface area contributed by atoms with Gasteiger partial charge in [-0.05, 0) is 5.92 Å². The van der Waals surface area contributed by atoms with E-state index in [4.69, 9.17) is 0 Å². The van der Waals surface area contributed by atoms with Gasteiger partial charge in [0.1, 0.15) is 0 Å². The summed E-state index contributed by atoms with van der Waals surface area (Å²) in [5.74, 6) is -1.77. The van der Waals surface area contributed by atoms with E-state index in [9.17, 15) is 22.8 Å². The summed E-state index contributed by atoms with van der Waals surface area (Å²) in [6, 6.07) is 9.18. The Labute approximate surface area is 166 Å². The Morgan fingerprint density at radius 3 is 2.31 bits per heavy atom. The molecule has 1 aromatic carbocycles. The Balaban J connectivity index is 2.03. The second kappa shape index (κ2) is 5.90. The molecule has 0 fully saturated rings. The first-order valence-corrected chi connectivity index (χ1v) is 9.40. The quantitative estimate of drug-likeness (QED) is 0.698. The predicted molar refractivity (Wildman–Crippen MR) is 101 cm³/mol. The molecule has 0 spiro atoms. The summed E-state index contributed by atoms with van der Waals surface area (Å²) in [4.78, 5) is 25.8. The minimum Gasteiger partial charge on any atom is -0.294 e. The molecule has 4 rings (SSSR count). The van der Waals surface area contributed by atoms with Crippen LogP contribution in [0.1, 0.15) is 43.2 Å². The Kier molecular flexibility index (Phi) is 3.99. The first-order valence-electron chi connectivity index (χ1n) is 9.40. The van der Waals surface area contributed by atoms with Gasteiger partial charge in [0.25, 0.3) is 0 Å². The van der Waals surface area contributed by atoms with E-state index < -0.39 is 34.3 Å². The molecule has 0 radical (unpaired) electrons. The van der Waals surface area contributed by atoms with Crippen LogP contribution < -0.4 is 0 Å². The fourth-order valence-corrected chi connectivity index (χ4v) is 5.01. The van der Waals surface area contributed by atoms with Gasteiger partial charge in [0.15, 0.2) is 11.6 Å². The molecule has 0 saturated heterocycles. The van der Waals surface area contributed by atoms with Crippen molar-refractivity contribution >= 4 is 11.6 Å². The molecule has 7 heteroatoms. The monoisotopic (exact) mass is 402 g/mol. The zero-order valence-corrected chi connectivity index (χ0v) is 16.6. The molecular weight excluding hydrogens is 381 g/mol. The average molecular weight is 402 g/mol. The molecule has 2 aromatic rings. The molecule has 2 aliphatic carbocycles. The molecule has 2 aliphatic rings. The van der Waals surface area contributed by atoms with Crippen molar-refractivity contribution in [2.45, 2.75) is 38.8 Å². The second-order valence-corrected chi connectivity index (χ2v) is 8.63. The Morgan fingerprint density at radius 1 is 1.10 bits per heavy atom. The van der Waals surface area contributed by atoms with Crippen LogP contribution in [-0.4, -0.2) is 27.5 Å². The predicted octanol–water partition coefficient (Wildman–Crippen LogP) is 4.65. The lowest BCUT2D eigenvalue weighted by molar-refractivity contribution is -0.142. The maximum absolute atomic E-state index is 13.7. The van der Waals surface area contributed by atoms with Gasteiger partial charge in [-0.1, -0.05) is 57.2 Å². The molecule has 2 atom stereocenters. The lowest BCUT2D eigenvalue weighted by Gasteiger charge is -2.49. The van der Waals surface area contributed by atoms with Crippen molar-refractivity contribution in [2.24, 2.45) is 18.4 Å². The minimum atomic E-state index is -4.76. The van der Waals surface area contributed by atoms with Crippen LogP contribution in [0.15, 0.2) is 42.0 Å². The van der Waals surface area contributed by atoms with E-state index in [2.05, 4.69) is 5.10 Å². The summed E-state index contributed by atoms with van der Waals surface area (Å²) >= 11 is 0. The molecule has 1 aromatic heterocycles. The molecular formula is C22H21F3N2O2. The number of nitrogens with zero attached hydrogens (tertiary/aromatic N) is 2. The van der Waals surface area contributed by atoms with Crippen LogP contribution in [0.2, 0.25) is 0 Å². The highest BCUT2D eigenvalue weighted by molar-refractivity contribution is 6.08. The molecule has 0 amide bonds. The summed E-state index contributed by atoms with van der Waals surface area (Å²) in [5.41, 5.74) is -1.67. The maximum Gasteiger partial charge on any atom is 0.419 e. The molecule has 0 saturated carbocycles. The number of rotatable bonds is 1. The Bertz CT molecular complexity index is 1060. The third-order valence-electron chi connectivity index (χ3n) is 6.45. The highest BCUT2D eigenvalue weighted by Gasteiger charge is 2.60. The number of alkyl halides is 3. The Morgan fingerprint density at radius 2 is 1.72 bits per heavy atom. The minimum absolute atomic E-state index is 0.00456. The number of ketones is 2. The lowest BCUT2D eigenvalue weighted by Crippen LogP contribution is -2.54. The summed E-state index contributed by atoms with van der Waals surface area (Å²) in [5, 5.41) is 4.51. The number of hydrogen-bond donors (Lipinski definition) is 0. The van der Waals surface area contributed by atoms with Gasteiger partial charge in [-0.3, -0.25) is 14.3 Å². The SMILES string of the molecule is Cn1nc2c(c1-c1ccccc1)C(=O)C[C@H]1C(C)(C)C(=O)C(C(F)(F)F)=C[C@]21C. The first kappa shape index (κ1) is 19.6. The standard InChI is InChI=1S/C22H21F3N2O2/c1-20(2)15-10-14(28)16-17(12-8-6-5-7-9-12)27(4)26-18(16)21(15,3)11-13(19(20)29)22(23,24)25/h5-9,11,15H,10H2,1-4H3/t15-,21-/m0/s1. The van der Waals surface area contributed by atoms with E-state index in [0.29, 0.717) is 17.0 Å². The third kappa shape index (κ3) is 2.63. The Hall–Kier alpha value is -2.70. The van der Waals surface area contributed by atoms with Gasteiger partial charge >= 0.3 is 6.18 Å². The zero-order valence-electron chi connectivity index (χ0n) is 16.6. The van der Waals surface area contributed by atoms with E-state index >= 15 is 0 Å². The van der Waals surface area contributed by atoms with Crippen LogP contribution in [0, 0.1) is 11.3 Å². The van der Waals surface area contributed by atoms with Crippen molar-refractivity contribution in [3.8, 4) is 11.3 Å². The number of hydrogen-bond acceptors (Lipinski definition) is 3. The van der Waals surface area contributed by atoms with Gasteiger partial charge < -0.3 is 0 Å². The van der Waals surface area contributed by atoms with Gasteiger partial charge in [0.2, 0.25) is 0 Å². The zero-order chi connectivity index (χ0) is 21.4. The van der Waals surface area contributed by atoms with Crippen LogP contribution >= 0.6 is 0 Å². The van der Waals surface area contributed by atoms with E-state index in [1.54, 1.807) is 18.7 Å². The number of carbonyl (C=O) groups is 2. The second-order valence-electron chi connectivity index (χ2n) is 8.63. The normalized spacial score (nSPS) is 26.0. The molecule has 152 valence electrons. The number of halogens is 3. The van der Waals surface area contributed by atoms with Crippen molar-refractivity contribution in [3.05, 3.63) is 53.2 Å². The molecule has 4 nitrogen and oxygen atoms in total. The fraction of sp³-hybridized carbons (Fsp3) is 0.409. The number of Topliss-reactive ketones (excluding diaryl/α,β-unsaturated/α-hetero) is 2. The molecule has 0 aliphatic heterocycles. The van der Waals surface area contributed by atoms with E-state index in [1.165, 1.54) is 13.8 Å².